The minimum Gasteiger partial charge on any atom is -0.378 e. The van der Waals surface area contributed by atoms with Crippen molar-refractivity contribution in [3.63, 3.8) is 0 Å². The maximum Gasteiger partial charge on any atom is 0.255 e. The number of amides is 2. The zero-order valence-corrected chi connectivity index (χ0v) is 15.8. The molecule has 0 atom stereocenters. The highest BCUT2D eigenvalue weighted by atomic mass is 16.2. The lowest BCUT2D eigenvalue weighted by molar-refractivity contribution is 0.0949. The number of benzene rings is 2. The van der Waals surface area contributed by atoms with Crippen LogP contribution >= 0.6 is 0 Å². The summed E-state index contributed by atoms with van der Waals surface area (Å²) in [6, 6.07) is 17.9. The van der Waals surface area contributed by atoms with Crippen LogP contribution in [0, 0.1) is 0 Å². The number of hydrogen-bond donors (Lipinski definition) is 2. The Kier molecular flexibility index (Phi) is 6.01. The van der Waals surface area contributed by atoms with Gasteiger partial charge in [-0.2, -0.15) is 0 Å². The molecular formula is C22H22N4O2. The molecular weight excluding hydrogens is 352 g/mol. The molecule has 0 radical (unpaired) electrons. The van der Waals surface area contributed by atoms with Gasteiger partial charge in [-0.15, -0.1) is 0 Å². The van der Waals surface area contributed by atoms with Crippen molar-refractivity contribution in [2.24, 2.45) is 0 Å². The Morgan fingerprint density at radius 2 is 1.54 bits per heavy atom. The molecule has 0 bridgehead atoms. The smallest absolute Gasteiger partial charge is 0.255 e. The van der Waals surface area contributed by atoms with Crippen molar-refractivity contribution in [3.05, 3.63) is 89.7 Å². The van der Waals surface area contributed by atoms with Crippen LogP contribution < -0.4 is 15.5 Å². The van der Waals surface area contributed by atoms with Gasteiger partial charge in [-0.05, 0) is 60.2 Å². The fraction of sp³-hybridized carbons (Fsp3) is 0.136. The van der Waals surface area contributed by atoms with Crippen LogP contribution in [0.3, 0.4) is 0 Å². The molecule has 142 valence electrons. The van der Waals surface area contributed by atoms with Gasteiger partial charge < -0.3 is 15.5 Å². The molecule has 28 heavy (non-hydrogen) atoms. The van der Waals surface area contributed by atoms with Crippen LogP contribution in [-0.2, 0) is 6.54 Å². The first-order valence-electron chi connectivity index (χ1n) is 8.89. The summed E-state index contributed by atoms with van der Waals surface area (Å²) in [7, 11) is 3.92. The van der Waals surface area contributed by atoms with Crippen LogP contribution in [0.15, 0.2) is 73.1 Å². The summed E-state index contributed by atoms with van der Waals surface area (Å²) < 4.78 is 0. The second kappa shape index (κ2) is 8.81. The van der Waals surface area contributed by atoms with Crippen LogP contribution in [0.5, 0.6) is 0 Å². The van der Waals surface area contributed by atoms with Crippen molar-refractivity contribution in [2.45, 2.75) is 6.54 Å². The summed E-state index contributed by atoms with van der Waals surface area (Å²) in [5, 5.41) is 5.69. The molecule has 0 fully saturated rings. The molecule has 6 heteroatoms. The van der Waals surface area contributed by atoms with E-state index in [0.717, 1.165) is 11.3 Å². The van der Waals surface area contributed by atoms with Gasteiger partial charge in [-0.3, -0.25) is 14.6 Å². The fourth-order valence-corrected chi connectivity index (χ4v) is 2.61. The van der Waals surface area contributed by atoms with Gasteiger partial charge in [-0.25, -0.2) is 0 Å². The lowest BCUT2D eigenvalue weighted by Gasteiger charge is -2.13. The van der Waals surface area contributed by atoms with Gasteiger partial charge in [0.2, 0.25) is 0 Å². The summed E-state index contributed by atoms with van der Waals surface area (Å²) >= 11 is 0. The van der Waals surface area contributed by atoms with Gasteiger partial charge in [0.05, 0.1) is 0 Å². The maximum absolute atomic E-state index is 12.4. The van der Waals surface area contributed by atoms with Crippen molar-refractivity contribution < 1.29 is 9.59 Å². The number of anilines is 2. The summed E-state index contributed by atoms with van der Waals surface area (Å²) in [6.07, 6.45) is 3.39. The Balaban J connectivity index is 1.58. The van der Waals surface area contributed by atoms with Gasteiger partial charge in [0.25, 0.3) is 11.8 Å². The third kappa shape index (κ3) is 4.94. The van der Waals surface area contributed by atoms with E-state index in [1.165, 1.54) is 0 Å². The first-order valence-corrected chi connectivity index (χ1v) is 8.89. The highest BCUT2D eigenvalue weighted by Crippen LogP contribution is 2.16. The number of carbonyl (C=O) groups excluding carboxylic acids is 2. The number of rotatable bonds is 6. The van der Waals surface area contributed by atoms with Crippen LogP contribution in [0.2, 0.25) is 0 Å². The summed E-state index contributed by atoms with van der Waals surface area (Å²) in [6.45, 7) is 0.401. The van der Waals surface area contributed by atoms with Gasteiger partial charge in [0.1, 0.15) is 0 Å². The van der Waals surface area contributed by atoms with Crippen molar-refractivity contribution in [1.82, 2.24) is 10.3 Å². The Morgan fingerprint density at radius 1 is 0.893 bits per heavy atom. The number of pyridine rings is 1. The number of hydrogen-bond acceptors (Lipinski definition) is 4. The monoisotopic (exact) mass is 374 g/mol. The van der Waals surface area contributed by atoms with E-state index >= 15 is 0 Å². The first-order chi connectivity index (χ1) is 13.5. The van der Waals surface area contributed by atoms with Crippen LogP contribution in [0.4, 0.5) is 11.4 Å². The van der Waals surface area contributed by atoms with Crippen molar-refractivity contribution in [3.8, 4) is 0 Å². The van der Waals surface area contributed by atoms with Crippen LogP contribution in [0.25, 0.3) is 0 Å². The summed E-state index contributed by atoms with van der Waals surface area (Å²) in [5.74, 6) is -0.421. The molecule has 0 aliphatic rings. The molecule has 3 aromatic rings. The number of carbonyl (C=O) groups is 2. The molecule has 2 aromatic carbocycles. The summed E-state index contributed by atoms with van der Waals surface area (Å²) in [5.41, 5.74) is 3.68. The molecule has 3 rings (SSSR count). The van der Waals surface area contributed by atoms with Crippen molar-refractivity contribution in [2.75, 3.05) is 24.3 Å². The number of nitrogens with one attached hydrogen (secondary N) is 2. The van der Waals surface area contributed by atoms with E-state index < -0.39 is 0 Å². The third-order valence-electron chi connectivity index (χ3n) is 4.23. The van der Waals surface area contributed by atoms with E-state index in [4.69, 9.17) is 0 Å². The zero-order chi connectivity index (χ0) is 19.9. The molecule has 0 aliphatic heterocycles. The predicted octanol–water partition coefficient (Wildman–Crippen LogP) is 3.33. The van der Waals surface area contributed by atoms with E-state index in [9.17, 15) is 9.59 Å². The van der Waals surface area contributed by atoms with Crippen LogP contribution in [-0.4, -0.2) is 30.9 Å². The lowest BCUT2D eigenvalue weighted by atomic mass is 10.1. The van der Waals surface area contributed by atoms with Gasteiger partial charge in [-0.1, -0.05) is 6.07 Å². The minimum atomic E-state index is -0.222. The van der Waals surface area contributed by atoms with E-state index in [1.807, 2.05) is 55.4 Å². The second-order valence-electron chi connectivity index (χ2n) is 6.52. The number of aromatic nitrogens is 1. The van der Waals surface area contributed by atoms with Gasteiger partial charge in [0.15, 0.2) is 0 Å². The SMILES string of the molecule is CN(C)c1ccc(NC(=O)c2ccc(C(=O)NCc3cccnc3)cc2)cc1. The van der Waals surface area contributed by atoms with Gasteiger partial charge >= 0.3 is 0 Å². The largest absolute Gasteiger partial charge is 0.378 e. The average molecular weight is 374 g/mol. The Bertz CT molecular complexity index is 937. The maximum atomic E-state index is 12.4. The molecule has 2 N–H and O–H groups in total. The Labute approximate surface area is 164 Å². The average Bonchev–Trinajstić information content (AvgIpc) is 2.73. The molecule has 6 nitrogen and oxygen atoms in total. The summed E-state index contributed by atoms with van der Waals surface area (Å²) in [4.78, 5) is 30.6. The third-order valence-corrected chi connectivity index (χ3v) is 4.23. The highest BCUT2D eigenvalue weighted by molar-refractivity contribution is 6.05. The molecule has 0 unspecified atom stereocenters. The lowest BCUT2D eigenvalue weighted by Crippen LogP contribution is -2.23. The normalized spacial score (nSPS) is 10.2. The van der Waals surface area contributed by atoms with E-state index in [0.29, 0.717) is 23.4 Å². The predicted molar refractivity (Wildman–Crippen MR) is 111 cm³/mol. The van der Waals surface area contributed by atoms with E-state index in [1.54, 1.807) is 36.7 Å². The molecule has 0 aliphatic carbocycles. The zero-order valence-electron chi connectivity index (χ0n) is 15.8. The standard InChI is InChI=1S/C22H22N4O2/c1-26(2)20-11-9-19(10-12-20)25-22(28)18-7-5-17(6-8-18)21(27)24-15-16-4-3-13-23-14-16/h3-14H,15H2,1-2H3,(H,24,27)(H,25,28). The molecule has 1 heterocycles. The second-order valence-corrected chi connectivity index (χ2v) is 6.52. The van der Waals surface area contributed by atoms with Crippen molar-refractivity contribution in [1.29, 1.82) is 0 Å². The first kappa shape index (κ1) is 19.1. The number of nitrogens with zero attached hydrogens (tertiary/aromatic N) is 2. The topological polar surface area (TPSA) is 74.3 Å². The van der Waals surface area contributed by atoms with Crippen LogP contribution in [0.1, 0.15) is 26.3 Å². The molecule has 2 amide bonds. The van der Waals surface area contributed by atoms with Crippen molar-refractivity contribution >= 4 is 23.2 Å². The molecule has 0 saturated heterocycles. The van der Waals surface area contributed by atoms with E-state index in [-0.39, 0.29) is 11.8 Å². The Hall–Kier alpha value is -3.67. The quantitative estimate of drug-likeness (QED) is 0.694. The highest BCUT2D eigenvalue weighted by Gasteiger charge is 2.09. The fourth-order valence-electron chi connectivity index (χ4n) is 2.61. The van der Waals surface area contributed by atoms with Gasteiger partial charge in [0, 0.05) is 55.5 Å². The molecule has 0 spiro atoms. The van der Waals surface area contributed by atoms with E-state index in [2.05, 4.69) is 15.6 Å². The molecule has 0 saturated carbocycles. The molecule has 1 aromatic heterocycles. The Morgan fingerprint density at radius 3 is 2.11 bits per heavy atom. The minimum absolute atomic E-state index is 0.199.